The van der Waals surface area contributed by atoms with Crippen molar-refractivity contribution in [2.24, 2.45) is 0 Å². The molecule has 2 aromatic rings. The fraction of sp³-hybridized carbons (Fsp3) is 0.182. The van der Waals surface area contributed by atoms with Crippen LogP contribution in [-0.4, -0.2) is 48.2 Å². The molecule has 0 saturated carbocycles. The summed E-state index contributed by atoms with van der Waals surface area (Å²) in [6.45, 7) is 1.17. The zero-order chi connectivity index (χ0) is 24.1. The highest BCUT2D eigenvalue weighted by Gasteiger charge is 2.36. The molecule has 1 fully saturated rings. The van der Waals surface area contributed by atoms with Crippen LogP contribution in [0.5, 0.6) is 5.75 Å². The lowest BCUT2D eigenvalue weighted by Gasteiger charge is -2.13. The van der Waals surface area contributed by atoms with E-state index in [1.807, 2.05) is 6.92 Å². The number of rotatable bonds is 7. The van der Waals surface area contributed by atoms with E-state index in [2.05, 4.69) is 26.0 Å². The number of esters is 1. The maximum atomic E-state index is 12.7. The van der Waals surface area contributed by atoms with Crippen molar-refractivity contribution in [3.05, 3.63) is 61.9 Å². The van der Waals surface area contributed by atoms with E-state index in [1.54, 1.807) is 36.4 Å². The number of carbonyl (C=O) groups excluding carboxylic acids is 4. The van der Waals surface area contributed by atoms with Crippen molar-refractivity contribution in [2.75, 3.05) is 25.6 Å². The van der Waals surface area contributed by atoms with E-state index in [9.17, 15) is 19.2 Å². The number of amides is 3. The molecule has 0 bridgehead atoms. The van der Waals surface area contributed by atoms with Gasteiger partial charge < -0.3 is 14.8 Å². The lowest BCUT2D eigenvalue weighted by atomic mass is 10.2. The van der Waals surface area contributed by atoms with Crippen LogP contribution >= 0.6 is 39.3 Å². The molecule has 0 aromatic heterocycles. The molecule has 0 aliphatic carbocycles. The minimum Gasteiger partial charge on any atom is -0.481 e. The van der Waals surface area contributed by atoms with Crippen LogP contribution in [0.2, 0.25) is 5.02 Å². The zero-order valence-electron chi connectivity index (χ0n) is 17.5. The molecule has 172 valence electrons. The normalized spacial score (nSPS) is 14.5. The SMILES string of the molecule is COC(=O)COc1ccc(/C=C2/SC(=O)N(CC(=O)Nc3ccc(C)c(Cl)c3)C2=O)cc1Br. The Kier molecular flexibility index (Phi) is 8.17. The van der Waals surface area contributed by atoms with E-state index in [0.29, 0.717) is 26.5 Å². The predicted octanol–water partition coefficient (Wildman–Crippen LogP) is 4.64. The molecule has 0 radical (unpaired) electrons. The molecule has 11 heteroatoms. The molecule has 1 aliphatic heterocycles. The highest BCUT2D eigenvalue weighted by atomic mass is 79.9. The first kappa shape index (κ1) is 24.8. The van der Waals surface area contributed by atoms with Crippen LogP contribution in [0.4, 0.5) is 10.5 Å². The van der Waals surface area contributed by atoms with E-state index in [-0.39, 0.29) is 11.5 Å². The van der Waals surface area contributed by atoms with Crippen molar-refractivity contribution in [2.45, 2.75) is 6.92 Å². The summed E-state index contributed by atoms with van der Waals surface area (Å²) in [5.41, 5.74) is 1.95. The van der Waals surface area contributed by atoms with Gasteiger partial charge in [-0.1, -0.05) is 23.7 Å². The Balaban J connectivity index is 1.66. The van der Waals surface area contributed by atoms with Gasteiger partial charge in [0.2, 0.25) is 5.91 Å². The van der Waals surface area contributed by atoms with Crippen molar-refractivity contribution in [1.82, 2.24) is 4.90 Å². The topological polar surface area (TPSA) is 102 Å². The minimum absolute atomic E-state index is 0.182. The molecule has 2 aromatic carbocycles. The number of nitrogens with zero attached hydrogens (tertiary/aromatic N) is 1. The molecular weight excluding hydrogens is 536 g/mol. The second kappa shape index (κ2) is 10.9. The number of nitrogens with one attached hydrogen (secondary N) is 1. The maximum absolute atomic E-state index is 12.7. The number of ether oxygens (including phenoxy) is 2. The molecule has 8 nitrogen and oxygen atoms in total. The third-order valence-electron chi connectivity index (χ3n) is 4.46. The number of halogens is 2. The Morgan fingerprint density at radius 2 is 1.97 bits per heavy atom. The van der Waals surface area contributed by atoms with Gasteiger partial charge in [0.25, 0.3) is 11.1 Å². The summed E-state index contributed by atoms with van der Waals surface area (Å²) in [6, 6.07) is 9.99. The Morgan fingerprint density at radius 1 is 1.21 bits per heavy atom. The number of hydrogen-bond donors (Lipinski definition) is 1. The molecule has 1 N–H and O–H groups in total. The lowest BCUT2D eigenvalue weighted by molar-refractivity contribution is -0.143. The van der Waals surface area contributed by atoms with Crippen LogP contribution in [-0.2, 0) is 19.1 Å². The van der Waals surface area contributed by atoms with Gasteiger partial charge in [0, 0.05) is 10.7 Å². The number of imide groups is 1. The summed E-state index contributed by atoms with van der Waals surface area (Å²) in [5, 5.41) is 2.58. The molecule has 0 atom stereocenters. The molecule has 0 unspecified atom stereocenters. The van der Waals surface area contributed by atoms with E-state index < -0.39 is 29.6 Å². The van der Waals surface area contributed by atoms with Crippen LogP contribution in [0.25, 0.3) is 6.08 Å². The van der Waals surface area contributed by atoms with Crippen LogP contribution < -0.4 is 10.1 Å². The van der Waals surface area contributed by atoms with Gasteiger partial charge >= 0.3 is 5.97 Å². The van der Waals surface area contributed by atoms with E-state index in [0.717, 1.165) is 22.2 Å². The van der Waals surface area contributed by atoms with Gasteiger partial charge in [-0.15, -0.1) is 0 Å². The van der Waals surface area contributed by atoms with Gasteiger partial charge in [0.05, 0.1) is 16.5 Å². The molecule has 1 saturated heterocycles. The van der Waals surface area contributed by atoms with Crippen molar-refractivity contribution in [3.63, 3.8) is 0 Å². The van der Waals surface area contributed by atoms with Gasteiger partial charge in [0.1, 0.15) is 12.3 Å². The van der Waals surface area contributed by atoms with Crippen LogP contribution in [0.3, 0.4) is 0 Å². The van der Waals surface area contributed by atoms with Crippen molar-refractivity contribution < 1.29 is 28.7 Å². The quantitative estimate of drug-likeness (QED) is 0.394. The Hall–Kier alpha value is -2.82. The van der Waals surface area contributed by atoms with Crippen LogP contribution in [0, 0.1) is 6.92 Å². The number of thioether (sulfide) groups is 1. The first-order chi connectivity index (χ1) is 15.7. The number of methoxy groups -OCH3 is 1. The molecule has 3 amide bonds. The van der Waals surface area contributed by atoms with Crippen LogP contribution in [0.15, 0.2) is 45.8 Å². The summed E-state index contributed by atoms with van der Waals surface area (Å²) in [6.07, 6.45) is 1.54. The highest BCUT2D eigenvalue weighted by Crippen LogP contribution is 2.34. The molecular formula is C22H18BrClN2O6S. The molecule has 3 rings (SSSR count). The summed E-state index contributed by atoms with van der Waals surface area (Å²) in [4.78, 5) is 49.6. The standard InChI is InChI=1S/C22H18BrClN2O6S/c1-12-3-5-14(9-16(12)24)25-19(27)10-26-21(29)18(33-22(26)30)8-13-4-6-17(15(23)7-13)32-11-20(28)31-2/h3-9H,10-11H2,1-2H3,(H,25,27)/b18-8+. The van der Waals surface area contributed by atoms with Gasteiger partial charge in [-0.05, 0) is 76.1 Å². The van der Waals surface area contributed by atoms with E-state index in [1.165, 1.54) is 13.2 Å². The highest BCUT2D eigenvalue weighted by molar-refractivity contribution is 9.10. The monoisotopic (exact) mass is 552 g/mol. The largest absolute Gasteiger partial charge is 0.481 e. The summed E-state index contributed by atoms with van der Waals surface area (Å²) < 4.78 is 10.4. The maximum Gasteiger partial charge on any atom is 0.343 e. The fourth-order valence-corrected chi connectivity index (χ4v) is 4.25. The predicted molar refractivity (Wildman–Crippen MR) is 129 cm³/mol. The second-order valence-corrected chi connectivity index (χ2v) is 9.09. The average molecular weight is 554 g/mol. The minimum atomic E-state index is -0.566. The number of hydrogen-bond acceptors (Lipinski definition) is 7. The van der Waals surface area contributed by atoms with E-state index >= 15 is 0 Å². The third kappa shape index (κ3) is 6.37. The molecule has 0 spiro atoms. The Labute approximate surface area is 207 Å². The Morgan fingerprint density at radius 3 is 2.64 bits per heavy atom. The molecule has 1 heterocycles. The summed E-state index contributed by atoms with van der Waals surface area (Å²) >= 11 is 10.1. The number of carbonyl (C=O) groups is 4. The van der Waals surface area contributed by atoms with E-state index in [4.69, 9.17) is 16.3 Å². The zero-order valence-corrected chi connectivity index (χ0v) is 20.7. The van der Waals surface area contributed by atoms with Gasteiger partial charge in [-0.25, -0.2) is 4.79 Å². The molecule has 1 aliphatic rings. The number of aryl methyl sites for hydroxylation is 1. The first-order valence-corrected chi connectivity index (χ1v) is 11.5. The van der Waals surface area contributed by atoms with Crippen molar-refractivity contribution in [3.8, 4) is 5.75 Å². The average Bonchev–Trinajstić information content (AvgIpc) is 3.02. The van der Waals surface area contributed by atoms with Crippen molar-refractivity contribution >= 4 is 74.1 Å². The fourth-order valence-electron chi connectivity index (χ4n) is 2.72. The van der Waals surface area contributed by atoms with Crippen LogP contribution in [0.1, 0.15) is 11.1 Å². The van der Waals surface area contributed by atoms with Gasteiger partial charge in [0.15, 0.2) is 6.61 Å². The van der Waals surface area contributed by atoms with Crippen molar-refractivity contribution in [1.29, 1.82) is 0 Å². The van der Waals surface area contributed by atoms with Gasteiger partial charge in [-0.3, -0.25) is 19.3 Å². The first-order valence-electron chi connectivity index (χ1n) is 9.48. The number of anilines is 1. The summed E-state index contributed by atoms with van der Waals surface area (Å²) in [5.74, 6) is -1.19. The Bertz CT molecular complexity index is 1170. The summed E-state index contributed by atoms with van der Waals surface area (Å²) in [7, 11) is 1.26. The second-order valence-electron chi connectivity index (χ2n) is 6.83. The third-order valence-corrected chi connectivity index (χ3v) is 6.39. The van der Waals surface area contributed by atoms with Gasteiger partial charge in [-0.2, -0.15) is 0 Å². The lowest BCUT2D eigenvalue weighted by Crippen LogP contribution is -2.36. The smallest absolute Gasteiger partial charge is 0.343 e. The number of benzene rings is 2. The molecule has 33 heavy (non-hydrogen) atoms.